The molecule has 0 radical (unpaired) electrons. The molecule has 0 amide bonds. The molecule has 18 heavy (non-hydrogen) atoms. The van der Waals surface area contributed by atoms with E-state index in [1.54, 1.807) is 13.3 Å². The number of hydrogen-bond donors (Lipinski definition) is 1. The van der Waals surface area contributed by atoms with Gasteiger partial charge in [0.25, 0.3) is 0 Å². The van der Waals surface area contributed by atoms with E-state index < -0.39 is 0 Å². The minimum absolute atomic E-state index is 0.197. The van der Waals surface area contributed by atoms with Crippen molar-refractivity contribution in [3.8, 4) is 5.75 Å². The third-order valence-electron chi connectivity index (χ3n) is 2.99. The first-order valence-corrected chi connectivity index (χ1v) is 6.34. The number of ether oxygens (including phenoxy) is 3. The lowest BCUT2D eigenvalue weighted by atomic mass is 10.1. The van der Waals surface area contributed by atoms with Gasteiger partial charge in [-0.2, -0.15) is 5.10 Å². The molecule has 1 saturated heterocycles. The van der Waals surface area contributed by atoms with E-state index in [2.05, 4.69) is 12.0 Å². The van der Waals surface area contributed by atoms with Gasteiger partial charge in [-0.1, -0.05) is 6.92 Å². The van der Waals surface area contributed by atoms with Crippen LogP contribution in [0.25, 0.3) is 0 Å². The molecule has 1 unspecified atom stereocenters. The van der Waals surface area contributed by atoms with Crippen LogP contribution in [0.2, 0.25) is 0 Å². The number of nitrogens with two attached hydrogens (primary N) is 1. The van der Waals surface area contributed by atoms with Crippen LogP contribution in [0.4, 0.5) is 0 Å². The van der Waals surface area contributed by atoms with Crippen LogP contribution in [0, 0.1) is 0 Å². The normalized spacial score (nSPS) is 18.2. The van der Waals surface area contributed by atoms with Crippen LogP contribution in [-0.2, 0) is 16.0 Å². The molecule has 6 heteroatoms. The minimum atomic E-state index is -0.213. The lowest BCUT2D eigenvalue weighted by molar-refractivity contribution is -0.0512. The third kappa shape index (κ3) is 2.82. The molecule has 6 nitrogen and oxygen atoms in total. The van der Waals surface area contributed by atoms with Crippen molar-refractivity contribution in [2.45, 2.75) is 38.6 Å². The van der Waals surface area contributed by atoms with Gasteiger partial charge in [-0.15, -0.1) is 0 Å². The van der Waals surface area contributed by atoms with Crippen LogP contribution in [0.5, 0.6) is 5.75 Å². The monoisotopic (exact) mass is 255 g/mol. The highest BCUT2D eigenvalue weighted by Gasteiger charge is 2.25. The van der Waals surface area contributed by atoms with Crippen molar-refractivity contribution in [3.05, 3.63) is 11.9 Å². The van der Waals surface area contributed by atoms with Gasteiger partial charge in [-0.3, -0.25) is 4.68 Å². The molecule has 1 aromatic rings. The van der Waals surface area contributed by atoms with E-state index in [1.807, 2.05) is 4.68 Å². The van der Waals surface area contributed by atoms with Gasteiger partial charge in [0.2, 0.25) is 0 Å². The molecule has 1 aliphatic heterocycles. The third-order valence-corrected chi connectivity index (χ3v) is 2.99. The van der Waals surface area contributed by atoms with Gasteiger partial charge in [-0.25, -0.2) is 0 Å². The summed E-state index contributed by atoms with van der Waals surface area (Å²) < 4.78 is 18.1. The first kappa shape index (κ1) is 13.3. The van der Waals surface area contributed by atoms with E-state index in [0.29, 0.717) is 19.6 Å². The summed E-state index contributed by atoms with van der Waals surface area (Å²) in [6.45, 7) is 4.22. The highest BCUT2D eigenvalue weighted by atomic mass is 16.7. The molecule has 0 bridgehead atoms. The SMILES string of the molecule is CCCn1ncc(OC)c1C(N)CC1OCCO1. The van der Waals surface area contributed by atoms with Crippen molar-refractivity contribution in [3.63, 3.8) is 0 Å². The Bertz CT molecular complexity index is 375. The molecule has 1 aromatic heterocycles. The second-order valence-corrected chi connectivity index (χ2v) is 4.33. The Morgan fingerprint density at radius 3 is 2.89 bits per heavy atom. The van der Waals surface area contributed by atoms with Crippen molar-refractivity contribution in [2.75, 3.05) is 20.3 Å². The average Bonchev–Trinajstić information content (AvgIpc) is 2.98. The van der Waals surface area contributed by atoms with E-state index in [9.17, 15) is 0 Å². The number of nitrogens with zero attached hydrogens (tertiary/aromatic N) is 2. The molecule has 1 fully saturated rings. The van der Waals surface area contributed by atoms with Crippen molar-refractivity contribution < 1.29 is 14.2 Å². The molecule has 2 rings (SSSR count). The van der Waals surface area contributed by atoms with Crippen molar-refractivity contribution in [1.29, 1.82) is 0 Å². The van der Waals surface area contributed by atoms with E-state index in [-0.39, 0.29) is 12.3 Å². The van der Waals surface area contributed by atoms with Crippen molar-refractivity contribution in [2.24, 2.45) is 5.73 Å². The van der Waals surface area contributed by atoms with E-state index in [4.69, 9.17) is 19.9 Å². The Kier molecular flexibility index (Phi) is 4.57. The highest BCUT2D eigenvalue weighted by molar-refractivity contribution is 5.28. The molecular weight excluding hydrogens is 234 g/mol. The zero-order valence-electron chi connectivity index (χ0n) is 11.0. The van der Waals surface area contributed by atoms with Gasteiger partial charge in [0.1, 0.15) is 0 Å². The van der Waals surface area contributed by atoms with Crippen LogP contribution in [0.1, 0.15) is 31.5 Å². The Labute approximate surface area is 107 Å². The maximum Gasteiger partial charge on any atom is 0.161 e. The van der Waals surface area contributed by atoms with Crippen molar-refractivity contribution >= 4 is 0 Å². The van der Waals surface area contributed by atoms with Gasteiger partial charge in [0.15, 0.2) is 12.0 Å². The van der Waals surface area contributed by atoms with E-state index >= 15 is 0 Å². The predicted molar refractivity (Wildman–Crippen MR) is 66.3 cm³/mol. The van der Waals surface area contributed by atoms with Crippen LogP contribution < -0.4 is 10.5 Å². The standard InChI is InChI=1S/C12H21N3O3/c1-3-4-15-12(10(16-2)8-14-15)9(13)7-11-17-5-6-18-11/h8-9,11H,3-7,13H2,1-2H3. The van der Waals surface area contributed by atoms with Crippen LogP contribution in [-0.4, -0.2) is 36.4 Å². The fraction of sp³-hybridized carbons (Fsp3) is 0.750. The zero-order valence-corrected chi connectivity index (χ0v) is 11.0. The van der Waals surface area contributed by atoms with Crippen molar-refractivity contribution in [1.82, 2.24) is 9.78 Å². The first-order chi connectivity index (χ1) is 8.76. The molecule has 1 atom stereocenters. The fourth-order valence-corrected chi connectivity index (χ4v) is 2.16. The summed E-state index contributed by atoms with van der Waals surface area (Å²) in [5.41, 5.74) is 7.14. The lowest BCUT2D eigenvalue weighted by Gasteiger charge is -2.18. The molecular formula is C12H21N3O3. The Balaban J connectivity index is 2.10. The second-order valence-electron chi connectivity index (χ2n) is 4.33. The van der Waals surface area contributed by atoms with E-state index in [0.717, 1.165) is 24.4 Å². The number of aryl methyl sites for hydroxylation is 1. The Morgan fingerprint density at radius 2 is 2.28 bits per heavy atom. The average molecular weight is 255 g/mol. The number of hydrogen-bond acceptors (Lipinski definition) is 5. The topological polar surface area (TPSA) is 71.5 Å². The lowest BCUT2D eigenvalue weighted by Crippen LogP contribution is -2.23. The molecule has 0 spiro atoms. The number of aromatic nitrogens is 2. The van der Waals surface area contributed by atoms with Gasteiger partial charge < -0.3 is 19.9 Å². The summed E-state index contributed by atoms with van der Waals surface area (Å²) in [6.07, 6.45) is 3.11. The van der Waals surface area contributed by atoms with Gasteiger partial charge in [0.05, 0.1) is 38.3 Å². The Morgan fingerprint density at radius 1 is 1.56 bits per heavy atom. The fourth-order valence-electron chi connectivity index (χ4n) is 2.16. The largest absolute Gasteiger partial charge is 0.493 e. The maximum atomic E-state index is 6.23. The first-order valence-electron chi connectivity index (χ1n) is 6.34. The maximum absolute atomic E-state index is 6.23. The van der Waals surface area contributed by atoms with Crippen LogP contribution in [0.3, 0.4) is 0 Å². The summed E-state index contributed by atoms with van der Waals surface area (Å²) in [5, 5.41) is 4.30. The molecule has 0 aromatic carbocycles. The predicted octanol–water partition coefficient (Wildman–Crippen LogP) is 1.06. The second kappa shape index (κ2) is 6.17. The van der Waals surface area contributed by atoms with Gasteiger partial charge in [0, 0.05) is 13.0 Å². The zero-order chi connectivity index (χ0) is 13.0. The van der Waals surface area contributed by atoms with E-state index in [1.165, 1.54) is 0 Å². The smallest absolute Gasteiger partial charge is 0.161 e. The number of methoxy groups -OCH3 is 1. The van der Waals surface area contributed by atoms with Gasteiger partial charge in [-0.05, 0) is 6.42 Å². The summed E-state index contributed by atoms with van der Waals surface area (Å²) in [4.78, 5) is 0. The summed E-state index contributed by atoms with van der Waals surface area (Å²) in [5.74, 6) is 0.731. The number of rotatable bonds is 6. The summed E-state index contributed by atoms with van der Waals surface area (Å²) in [7, 11) is 1.63. The molecule has 0 aliphatic carbocycles. The van der Waals surface area contributed by atoms with Crippen LogP contribution >= 0.6 is 0 Å². The molecule has 102 valence electrons. The summed E-state index contributed by atoms with van der Waals surface area (Å²) in [6, 6.07) is -0.197. The molecule has 1 aliphatic rings. The van der Waals surface area contributed by atoms with Gasteiger partial charge >= 0.3 is 0 Å². The molecule has 0 saturated carbocycles. The Hall–Kier alpha value is -1.11. The van der Waals surface area contributed by atoms with Crippen LogP contribution in [0.15, 0.2) is 6.20 Å². The summed E-state index contributed by atoms with van der Waals surface area (Å²) >= 11 is 0. The quantitative estimate of drug-likeness (QED) is 0.823. The minimum Gasteiger partial charge on any atom is -0.493 e. The molecule has 2 heterocycles. The molecule has 2 N–H and O–H groups in total. The highest BCUT2D eigenvalue weighted by Crippen LogP contribution is 2.28.